The van der Waals surface area contributed by atoms with E-state index in [1.807, 2.05) is 11.9 Å². The van der Waals surface area contributed by atoms with Crippen LogP contribution in [-0.2, 0) is 0 Å². The number of allylic oxidation sites excluding steroid dienone is 1. The van der Waals surface area contributed by atoms with E-state index in [0.717, 1.165) is 11.4 Å². The first-order chi connectivity index (χ1) is 7.50. The Hall–Kier alpha value is -1.81. The molecule has 0 N–H and O–H groups in total. The minimum atomic E-state index is -0.437. The van der Waals surface area contributed by atoms with Crippen molar-refractivity contribution in [3.8, 4) is 0 Å². The summed E-state index contributed by atoms with van der Waals surface area (Å²) in [5.74, 6) is 0. The first-order valence-corrected chi connectivity index (χ1v) is 4.97. The predicted molar refractivity (Wildman–Crippen MR) is 64.5 cm³/mol. The summed E-state index contributed by atoms with van der Waals surface area (Å²) < 4.78 is 0. The summed E-state index contributed by atoms with van der Waals surface area (Å²) in [5.41, 5.74) is 2.27. The minimum absolute atomic E-state index is 0.0335. The van der Waals surface area contributed by atoms with Gasteiger partial charge in [-0.3, -0.25) is 10.1 Å². The molecule has 16 heavy (non-hydrogen) atoms. The molecule has 0 radical (unpaired) electrons. The summed E-state index contributed by atoms with van der Waals surface area (Å²) in [7, 11) is 1.84. The molecule has 0 amide bonds. The van der Waals surface area contributed by atoms with Crippen LogP contribution >= 0.6 is 11.6 Å². The van der Waals surface area contributed by atoms with E-state index in [1.54, 1.807) is 12.1 Å². The maximum atomic E-state index is 10.7. The van der Waals surface area contributed by atoms with Crippen molar-refractivity contribution < 1.29 is 4.92 Å². The largest absolute Gasteiger partial charge is 0.345 e. The van der Waals surface area contributed by atoms with E-state index in [0.29, 0.717) is 10.6 Å². The Morgan fingerprint density at radius 2 is 2.19 bits per heavy atom. The van der Waals surface area contributed by atoms with Gasteiger partial charge in [0.05, 0.1) is 15.6 Å². The number of hydrogen-bond donors (Lipinski definition) is 0. The van der Waals surface area contributed by atoms with Crippen molar-refractivity contribution in [2.45, 2.75) is 0 Å². The third-order valence-corrected chi connectivity index (χ3v) is 2.85. The highest BCUT2D eigenvalue weighted by Gasteiger charge is 2.20. The number of benzene rings is 1. The molecule has 0 aliphatic carbocycles. The molecule has 0 fully saturated rings. The number of nitro groups is 1. The number of halogens is 1. The van der Waals surface area contributed by atoms with E-state index in [4.69, 9.17) is 11.6 Å². The first kappa shape index (κ1) is 10.7. The van der Waals surface area contributed by atoms with Gasteiger partial charge in [-0.1, -0.05) is 18.2 Å². The third kappa shape index (κ3) is 1.57. The minimum Gasteiger partial charge on any atom is -0.345 e. The lowest BCUT2D eigenvalue weighted by atomic mass is 10.1. The number of anilines is 1. The van der Waals surface area contributed by atoms with Crippen LogP contribution < -0.4 is 4.90 Å². The predicted octanol–water partition coefficient (Wildman–Crippen LogP) is 3.14. The molecular formula is C11H9ClN2O2. The zero-order valence-corrected chi connectivity index (χ0v) is 9.36. The molecule has 0 saturated carbocycles. The van der Waals surface area contributed by atoms with Crippen LogP contribution in [0.1, 0.15) is 5.56 Å². The molecule has 82 valence electrons. The van der Waals surface area contributed by atoms with Gasteiger partial charge in [-0.25, -0.2) is 0 Å². The molecule has 1 aromatic carbocycles. The van der Waals surface area contributed by atoms with Crippen molar-refractivity contribution in [3.05, 3.63) is 52.2 Å². The van der Waals surface area contributed by atoms with E-state index in [-0.39, 0.29) is 5.69 Å². The molecule has 0 atom stereocenters. The number of nitro benzene ring substituents is 1. The van der Waals surface area contributed by atoms with Gasteiger partial charge in [-0.2, -0.15) is 0 Å². The SMILES string of the molecule is C=C1C=C(Cl)c2cc([N+](=O)[O-])ccc2N1C. The summed E-state index contributed by atoms with van der Waals surface area (Å²) in [4.78, 5) is 12.1. The molecule has 5 heteroatoms. The van der Waals surface area contributed by atoms with Crippen molar-refractivity contribution in [2.24, 2.45) is 0 Å². The van der Waals surface area contributed by atoms with Crippen molar-refractivity contribution in [1.82, 2.24) is 0 Å². The smallest absolute Gasteiger partial charge is 0.270 e. The lowest BCUT2D eigenvalue weighted by molar-refractivity contribution is -0.384. The van der Waals surface area contributed by atoms with Crippen LogP contribution in [0.3, 0.4) is 0 Å². The highest BCUT2D eigenvalue weighted by molar-refractivity contribution is 6.50. The Bertz CT molecular complexity index is 523. The van der Waals surface area contributed by atoms with Gasteiger partial charge in [0.25, 0.3) is 5.69 Å². The number of non-ortho nitro benzene ring substituents is 1. The normalized spacial score (nSPS) is 14.5. The Morgan fingerprint density at radius 1 is 1.50 bits per heavy atom. The molecule has 0 aromatic heterocycles. The van der Waals surface area contributed by atoms with Gasteiger partial charge < -0.3 is 4.90 Å². The molecule has 0 unspecified atom stereocenters. The average Bonchev–Trinajstić information content (AvgIpc) is 2.25. The molecule has 0 saturated heterocycles. The molecule has 0 bridgehead atoms. The zero-order chi connectivity index (χ0) is 11.9. The second-order valence-corrected chi connectivity index (χ2v) is 3.91. The standard InChI is InChI=1S/C11H9ClN2O2/c1-7-5-10(12)9-6-8(14(15)16)3-4-11(9)13(7)2/h3-6H,1H2,2H3. The quantitative estimate of drug-likeness (QED) is 0.556. The van der Waals surface area contributed by atoms with Crippen molar-refractivity contribution in [2.75, 3.05) is 11.9 Å². The second kappa shape index (κ2) is 3.64. The Kier molecular flexibility index (Phi) is 2.44. The van der Waals surface area contributed by atoms with Gasteiger partial charge in [0.2, 0.25) is 0 Å². The number of rotatable bonds is 1. The van der Waals surface area contributed by atoms with Crippen LogP contribution in [0.25, 0.3) is 5.03 Å². The Labute approximate surface area is 97.6 Å². The Morgan fingerprint density at radius 3 is 2.81 bits per heavy atom. The van der Waals surface area contributed by atoms with Gasteiger partial charge in [-0.15, -0.1) is 0 Å². The fourth-order valence-corrected chi connectivity index (χ4v) is 1.87. The fraction of sp³-hybridized carbons (Fsp3) is 0.0909. The van der Waals surface area contributed by atoms with Crippen LogP contribution in [0, 0.1) is 10.1 Å². The van der Waals surface area contributed by atoms with Gasteiger partial charge in [-0.05, 0) is 12.1 Å². The second-order valence-electron chi connectivity index (χ2n) is 3.50. The van der Waals surface area contributed by atoms with Gasteiger partial charge in [0.15, 0.2) is 0 Å². The summed E-state index contributed by atoms with van der Waals surface area (Å²) in [5, 5.41) is 11.1. The van der Waals surface area contributed by atoms with Crippen molar-refractivity contribution in [1.29, 1.82) is 0 Å². The molecule has 2 rings (SSSR count). The molecular weight excluding hydrogens is 228 g/mol. The van der Waals surface area contributed by atoms with Gasteiger partial charge in [0.1, 0.15) is 0 Å². The van der Waals surface area contributed by atoms with E-state index in [2.05, 4.69) is 6.58 Å². The van der Waals surface area contributed by atoms with Gasteiger partial charge in [0, 0.05) is 30.4 Å². The summed E-state index contributed by atoms with van der Waals surface area (Å²) >= 11 is 6.04. The zero-order valence-electron chi connectivity index (χ0n) is 8.61. The molecule has 1 heterocycles. The van der Waals surface area contributed by atoms with Crippen LogP contribution in [-0.4, -0.2) is 12.0 Å². The van der Waals surface area contributed by atoms with Crippen molar-refractivity contribution >= 4 is 28.0 Å². The first-order valence-electron chi connectivity index (χ1n) is 4.59. The topological polar surface area (TPSA) is 46.4 Å². The molecule has 1 aliphatic rings. The average molecular weight is 237 g/mol. The third-order valence-electron chi connectivity index (χ3n) is 2.53. The monoisotopic (exact) mass is 236 g/mol. The van der Waals surface area contributed by atoms with E-state index in [1.165, 1.54) is 12.1 Å². The molecule has 4 nitrogen and oxygen atoms in total. The lowest BCUT2D eigenvalue weighted by Crippen LogP contribution is -2.18. The lowest BCUT2D eigenvalue weighted by Gasteiger charge is -2.26. The highest BCUT2D eigenvalue weighted by Crippen LogP contribution is 2.38. The summed E-state index contributed by atoms with van der Waals surface area (Å²) in [6, 6.07) is 4.60. The number of hydrogen-bond acceptors (Lipinski definition) is 3. The number of fused-ring (bicyclic) bond motifs is 1. The molecule has 0 spiro atoms. The summed E-state index contributed by atoms with van der Waals surface area (Å²) in [6.45, 7) is 3.83. The van der Waals surface area contributed by atoms with Crippen LogP contribution in [0.4, 0.5) is 11.4 Å². The van der Waals surface area contributed by atoms with Crippen molar-refractivity contribution in [3.63, 3.8) is 0 Å². The van der Waals surface area contributed by atoms with Crippen LogP contribution in [0.15, 0.2) is 36.6 Å². The number of likely N-dealkylation sites (N-methyl/N-ethyl adjacent to an activating group) is 1. The van der Waals surface area contributed by atoms with E-state index < -0.39 is 4.92 Å². The van der Waals surface area contributed by atoms with E-state index in [9.17, 15) is 10.1 Å². The maximum Gasteiger partial charge on any atom is 0.270 e. The van der Waals surface area contributed by atoms with Crippen LogP contribution in [0.5, 0.6) is 0 Å². The number of nitrogens with zero attached hydrogens (tertiary/aromatic N) is 2. The molecule has 1 aliphatic heterocycles. The van der Waals surface area contributed by atoms with E-state index >= 15 is 0 Å². The highest BCUT2D eigenvalue weighted by atomic mass is 35.5. The maximum absolute atomic E-state index is 10.7. The van der Waals surface area contributed by atoms with Gasteiger partial charge >= 0.3 is 0 Å². The fourth-order valence-electron chi connectivity index (χ4n) is 1.60. The Balaban J connectivity index is 2.62. The van der Waals surface area contributed by atoms with Crippen LogP contribution in [0.2, 0.25) is 0 Å². The summed E-state index contributed by atoms with van der Waals surface area (Å²) in [6.07, 6.45) is 1.69. The molecule has 1 aromatic rings.